The van der Waals surface area contributed by atoms with Crippen molar-refractivity contribution >= 4 is 0 Å². The minimum absolute atomic E-state index is 0.973. The second-order valence-corrected chi connectivity index (χ2v) is 3.18. The Labute approximate surface area is 73.1 Å². The van der Waals surface area contributed by atoms with Crippen LogP contribution in [-0.4, -0.2) is 25.0 Å². The van der Waals surface area contributed by atoms with Gasteiger partial charge >= 0.3 is 0 Å². The number of hydrogen-bond donors (Lipinski definition) is 0. The number of nitrogens with zero attached hydrogens (tertiary/aromatic N) is 1. The maximum Gasteiger partial charge on any atom is 0.0373 e. The van der Waals surface area contributed by atoms with Crippen LogP contribution in [0.5, 0.6) is 0 Å². The molecular weight excluding hydrogens is 146 g/mol. The molecule has 1 aliphatic carbocycles. The van der Waals surface area contributed by atoms with Crippen molar-refractivity contribution in [2.45, 2.75) is 6.42 Å². The van der Waals surface area contributed by atoms with Gasteiger partial charge in [0.1, 0.15) is 0 Å². The molecule has 0 aromatic heterocycles. The van der Waals surface area contributed by atoms with Gasteiger partial charge in [-0.3, -0.25) is 0 Å². The zero-order valence-electron chi connectivity index (χ0n) is 7.22. The summed E-state index contributed by atoms with van der Waals surface area (Å²) in [5.41, 5.74) is 5.55. The largest absolute Gasteiger partial charge is 0.301 e. The third kappa shape index (κ3) is 1.36. The molecule has 1 heterocycles. The lowest BCUT2D eigenvalue weighted by molar-refractivity contribution is 0.373. The fourth-order valence-corrected chi connectivity index (χ4v) is 1.42. The van der Waals surface area contributed by atoms with E-state index in [2.05, 4.69) is 29.5 Å². The van der Waals surface area contributed by atoms with Gasteiger partial charge in [-0.1, -0.05) is 11.8 Å². The molecule has 1 heteroatoms. The summed E-state index contributed by atoms with van der Waals surface area (Å²) >= 11 is 0. The molecule has 0 saturated carbocycles. The molecule has 0 unspecified atom stereocenters. The summed E-state index contributed by atoms with van der Waals surface area (Å²) in [5.74, 6) is 6.31. The first-order valence-electron chi connectivity index (χ1n) is 4.19. The van der Waals surface area contributed by atoms with Crippen LogP contribution < -0.4 is 0 Å². The van der Waals surface area contributed by atoms with Crippen LogP contribution >= 0.6 is 0 Å². The molecule has 0 aromatic carbocycles. The van der Waals surface area contributed by atoms with Crippen LogP contribution in [0, 0.1) is 11.8 Å². The fourth-order valence-electron chi connectivity index (χ4n) is 1.42. The van der Waals surface area contributed by atoms with Crippen LogP contribution in [0.4, 0.5) is 0 Å². The number of rotatable bonds is 0. The second-order valence-electron chi connectivity index (χ2n) is 3.18. The highest BCUT2D eigenvalue weighted by atomic mass is 15.1. The van der Waals surface area contributed by atoms with E-state index in [1.165, 1.54) is 5.57 Å². The highest BCUT2D eigenvalue weighted by Gasteiger charge is 2.08. The summed E-state index contributed by atoms with van der Waals surface area (Å²) < 4.78 is 0. The number of allylic oxidation sites excluding steroid dienone is 1. The molecule has 0 spiro atoms. The third-order valence-corrected chi connectivity index (χ3v) is 2.11. The van der Waals surface area contributed by atoms with E-state index in [1.54, 1.807) is 0 Å². The molecule has 0 aromatic rings. The van der Waals surface area contributed by atoms with Gasteiger partial charge in [0.05, 0.1) is 0 Å². The summed E-state index contributed by atoms with van der Waals surface area (Å²) in [6.07, 6.45) is 4.98. The normalized spacial score (nSPS) is 21.4. The summed E-state index contributed by atoms with van der Waals surface area (Å²) in [6, 6.07) is 0. The predicted molar refractivity (Wildman–Crippen MR) is 49.6 cm³/mol. The molecule has 60 valence electrons. The Morgan fingerprint density at radius 1 is 1.42 bits per heavy atom. The van der Waals surface area contributed by atoms with Crippen molar-refractivity contribution in [3.63, 3.8) is 0 Å². The Hall–Kier alpha value is -1.22. The van der Waals surface area contributed by atoms with E-state index in [0.29, 0.717) is 0 Å². The first kappa shape index (κ1) is 7.43. The molecule has 0 radical (unpaired) electrons. The second kappa shape index (κ2) is 3.03. The van der Waals surface area contributed by atoms with E-state index < -0.39 is 0 Å². The van der Waals surface area contributed by atoms with Crippen molar-refractivity contribution in [3.8, 4) is 11.8 Å². The van der Waals surface area contributed by atoms with Gasteiger partial charge in [0.25, 0.3) is 0 Å². The predicted octanol–water partition coefficient (Wildman–Crippen LogP) is 1.35. The Kier molecular flexibility index (Phi) is 1.87. The van der Waals surface area contributed by atoms with Crippen LogP contribution in [-0.2, 0) is 0 Å². The minimum Gasteiger partial charge on any atom is -0.301 e. The summed E-state index contributed by atoms with van der Waals surface area (Å²) in [4.78, 5) is 2.29. The summed E-state index contributed by atoms with van der Waals surface area (Å²) in [5, 5.41) is 0. The standard InChI is InChI=1S/C11H11N/c1-12-8-3-2-5-10-6-4-7-11(10)9-12/h6-7H,3,8-9H2,1H3. The average Bonchev–Trinajstić information content (AvgIpc) is 2.42. The van der Waals surface area contributed by atoms with Crippen molar-refractivity contribution in [1.29, 1.82) is 0 Å². The van der Waals surface area contributed by atoms with Crippen molar-refractivity contribution in [2.75, 3.05) is 20.1 Å². The van der Waals surface area contributed by atoms with Crippen molar-refractivity contribution < 1.29 is 0 Å². The van der Waals surface area contributed by atoms with Gasteiger partial charge in [0, 0.05) is 25.1 Å². The molecule has 0 N–H and O–H groups in total. The van der Waals surface area contributed by atoms with Crippen LogP contribution in [0.2, 0.25) is 0 Å². The van der Waals surface area contributed by atoms with Gasteiger partial charge in [0.15, 0.2) is 0 Å². The lowest BCUT2D eigenvalue weighted by Crippen LogP contribution is -2.22. The SMILES string of the molecule is CN1CCC#CC2=C(C=C=C2)C1. The van der Waals surface area contributed by atoms with Crippen LogP contribution in [0.3, 0.4) is 0 Å². The van der Waals surface area contributed by atoms with E-state index in [0.717, 1.165) is 25.1 Å². The van der Waals surface area contributed by atoms with E-state index >= 15 is 0 Å². The van der Waals surface area contributed by atoms with Crippen LogP contribution in [0.1, 0.15) is 6.42 Å². The van der Waals surface area contributed by atoms with E-state index in [1.807, 2.05) is 12.2 Å². The molecule has 0 saturated heterocycles. The molecule has 0 bridgehead atoms. The Bertz CT molecular complexity index is 343. The highest BCUT2D eigenvalue weighted by molar-refractivity contribution is 5.50. The first-order chi connectivity index (χ1) is 5.86. The molecule has 0 fully saturated rings. The minimum atomic E-state index is 0.973. The summed E-state index contributed by atoms with van der Waals surface area (Å²) in [6.45, 7) is 2.07. The fraction of sp³-hybridized carbons (Fsp3) is 0.364. The maximum absolute atomic E-state index is 3.16. The van der Waals surface area contributed by atoms with Gasteiger partial charge in [0.2, 0.25) is 0 Å². The monoisotopic (exact) mass is 157 g/mol. The van der Waals surface area contributed by atoms with Gasteiger partial charge in [-0.05, 0) is 24.8 Å². The highest BCUT2D eigenvalue weighted by Crippen LogP contribution is 2.14. The summed E-state index contributed by atoms with van der Waals surface area (Å²) in [7, 11) is 2.13. The number of likely N-dealkylation sites (N-methyl/N-ethyl adjacent to an activating group) is 1. The first-order valence-corrected chi connectivity index (χ1v) is 4.19. The molecule has 12 heavy (non-hydrogen) atoms. The van der Waals surface area contributed by atoms with Gasteiger partial charge < -0.3 is 4.90 Å². The van der Waals surface area contributed by atoms with Gasteiger partial charge in [-0.2, -0.15) is 0 Å². The van der Waals surface area contributed by atoms with E-state index in [4.69, 9.17) is 0 Å². The quantitative estimate of drug-likeness (QED) is 0.379. The molecule has 1 nitrogen and oxygen atoms in total. The maximum atomic E-state index is 3.16. The van der Waals surface area contributed by atoms with E-state index in [9.17, 15) is 0 Å². The Balaban J connectivity index is 2.30. The van der Waals surface area contributed by atoms with Gasteiger partial charge in [-0.15, -0.1) is 5.73 Å². The molecule has 2 aliphatic rings. The van der Waals surface area contributed by atoms with Crippen LogP contribution in [0.15, 0.2) is 29.0 Å². The van der Waals surface area contributed by atoms with E-state index in [-0.39, 0.29) is 0 Å². The third-order valence-electron chi connectivity index (χ3n) is 2.11. The van der Waals surface area contributed by atoms with Crippen molar-refractivity contribution in [3.05, 3.63) is 29.0 Å². The van der Waals surface area contributed by atoms with Crippen LogP contribution in [0.25, 0.3) is 0 Å². The number of hydrogen-bond acceptors (Lipinski definition) is 1. The molecular formula is C11H11N. The lowest BCUT2D eigenvalue weighted by Gasteiger charge is -2.16. The molecule has 1 aliphatic heterocycles. The topological polar surface area (TPSA) is 3.24 Å². The molecule has 0 atom stereocenters. The van der Waals surface area contributed by atoms with Crippen molar-refractivity contribution in [2.24, 2.45) is 0 Å². The Morgan fingerprint density at radius 2 is 2.33 bits per heavy atom. The lowest BCUT2D eigenvalue weighted by atomic mass is 10.1. The Morgan fingerprint density at radius 3 is 3.25 bits per heavy atom. The van der Waals surface area contributed by atoms with Crippen molar-refractivity contribution in [1.82, 2.24) is 4.90 Å². The zero-order chi connectivity index (χ0) is 8.39. The van der Waals surface area contributed by atoms with Gasteiger partial charge in [-0.25, -0.2) is 0 Å². The smallest absolute Gasteiger partial charge is 0.0373 e. The zero-order valence-corrected chi connectivity index (χ0v) is 7.22. The average molecular weight is 157 g/mol. The molecule has 0 amide bonds. The molecule has 2 rings (SSSR count).